The van der Waals surface area contributed by atoms with Crippen molar-refractivity contribution >= 4 is 33.5 Å². The number of hydrogen-bond donors (Lipinski definition) is 1. The van der Waals surface area contributed by atoms with E-state index in [-0.39, 0.29) is 29.0 Å². The number of aryl methyl sites for hydroxylation is 1. The quantitative estimate of drug-likeness (QED) is 0.786. The Balaban J connectivity index is 1.91. The fourth-order valence-corrected chi connectivity index (χ4v) is 4.61. The van der Waals surface area contributed by atoms with Crippen molar-refractivity contribution in [1.29, 1.82) is 0 Å². The van der Waals surface area contributed by atoms with Crippen molar-refractivity contribution in [2.24, 2.45) is 0 Å². The third kappa shape index (κ3) is 3.61. The van der Waals surface area contributed by atoms with Crippen LogP contribution in [0.25, 0.3) is 0 Å². The molecule has 1 atom stereocenters. The van der Waals surface area contributed by atoms with Gasteiger partial charge in [0.05, 0.1) is 10.9 Å². The predicted molar refractivity (Wildman–Crippen MR) is 97.6 cm³/mol. The molecule has 1 fully saturated rings. The standard InChI is InChI=1S/C19H18N2O6S/c1-12-6-8-13(9-7-12)28(26,27)21-16(10-11-17(21)22)18(23)20-15-5-3-2-4-14(15)19(24)25/h2-9,16H,10-11H2,1H3,(H,20,23)(H,24,25)/p-1/t16-/m1/s1. The fraction of sp³-hybridized carbons (Fsp3) is 0.211. The van der Waals surface area contributed by atoms with E-state index in [4.69, 9.17) is 0 Å². The molecule has 1 saturated heterocycles. The lowest BCUT2D eigenvalue weighted by atomic mass is 10.1. The maximum Gasteiger partial charge on any atom is 0.267 e. The van der Waals surface area contributed by atoms with Crippen molar-refractivity contribution in [3.05, 3.63) is 59.7 Å². The number of rotatable bonds is 5. The molecule has 0 saturated carbocycles. The van der Waals surface area contributed by atoms with Gasteiger partial charge in [0.1, 0.15) is 6.04 Å². The molecule has 0 spiro atoms. The van der Waals surface area contributed by atoms with Crippen LogP contribution in [0.5, 0.6) is 0 Å². The first-order valence-corrected chi connectivity index (χ1v) is 9.91. The Morgan fingerprint density at radius 1 is 1.11 bits per heavy atom. The van der Waals surface area contributed by atoms with Crippen LogP contribution in [0.4, 0.5) is 5.69 Å². The number of nitrogens with one attached hydrogen (secondary N) is 1. The number of para-hydroxylation sites is 1. The molecule has 1 heterocycles. The maximum atomic E-state index is 12.9. The summed E-state index contributed by atoms with van der Waals surface area (Å²) in [5.41, 5.74) is 0.576. The molecule has 0 radical (unpaired) electrons. The van der Waals surface area contributed by atoms with Gasteiger partial charge in [-0.15, -0.1) is 0 Å². The smallest absolute Gasteiger partial charge is 0.267 e. The minimum atomic E-state index is -4.22. The van der Waals surface area contributed by atoms with Crippen LogP contribution < -0.4 is 10.4 Å². The molecular formula is C19H17N2O6S-. The SMILES string of the molecule is Cc1ccc(S(=O)(=O)N2C(=O)CC[C@@H]2C(=O)Nc2ccccc2C(=O)[O-])cc1. The average molecular weight is 401 g/mol. The summed E-state index contributed by atoms with van der Waals surface area (Å²) in [5, 5.41) is 13.6. The lowest BCUT2D eigenvalue weighted by Crippen LogP contribution is -2.45. The summed E-state index contributed by atoms with van der Waals surface area (Å²) in [6.45, 7) is 1.79. The van der Waals surface area contributed by atoms with Crippen molar-refractivity contribution in [2.45, 2.75) is 30.7 Å². The number of hydrogen-bond acceptors (Lipinski definition) is 6. The predicted octanol–water partition coefficient (Wildman–Crippen LogP) is 0.677. The number of carboxylic acids is 1. The summed E-state index contributed by atoms with van der Waals surface area (Å²) in [4.78, 5) is 36.1. The van der Waals surface area contributed by atoms with E-state index in [0.717, 1.165) is 5.56 Å². The van der Waals surface area contributed by atoms with E-state index in [1.165, 1.54) is 36.4 Å². The normalized spacial score (nSPS) is 16.8. The Kier molecular flexibility index (Phi) is 5.19. The molecule has 0 unspecified atom stereocenters. The van der Waals surface area contributed by atoms with Gasteiger partial charge < -0.3 is 15.2 Å². The van der Waals surface area contributed by atoms with Gasteiger partial charge in [-0.05, 0) is 31.5 Å². The third-order valence-corrected chi connectivity index (χ3v) is 6.29. The summed E-state index contributed by atoms with van der Waals surface area (Å²) >= 11 is 0. The van der Waals surface area contributed by atoms with Crippen LogP contribution in [0.15, 0.2) is 53.4 Å². The average Bonchev–Trinajstić information content (AvgIpc) is 3.05. The number of benzene rings is 2. The molecule has 0 bridgehead atoms. The number of carbonyl (C=O) groups excluding carboxylic acids is 3. The summed E-state index contributed by atoms with van der Waals surface area (Å²) in [7, 11) is -4.22. The minimum Gasteiger partial charge on any atom is -0.545 e. The number of carbonyl (C=O) groups is 3. The highest BCUT2D eigenvalue weighted by Gasteiger charge is 2.44. The van der Waals surface area contributed by atoms with Crippen LogP contribution in [0.3, 0.4) is 0 Å². The van der Waals surface area contributed by atoms with Crippen molar-refractivity contribution < 1.29 is 27.9 Å². The Morgan fingerprint density at radius 3 is 2.39 bits per heavy atom. The molecule has 9 heteroatoms. The van der Waals surface area contributed by atoms with E-state index < -0.39 is 33.8 Å². The zero-order chi connectivity index (χ0) is 20.5. The molecule has 1 N–H and O–H groups in total. The number of carboxylic acid groups (broad SMARTS) is 1. The summed E-state index contributed by atoms with van der Waals surface area (Å²) < 4.78 is 26.4. The van der Waals surface area contributed by atoms with E-state index in [9.17, 15) is 27.9 Å². The molecule has 2 aromatic rings. The lowest BCUT2D eigenvalue weighted by molar-refractivity contribution is -0.254. The van der Waals surface area contributed by atoms with Gasteiger partial charge >= 0.3 is 0 Å². The topological polar surface area (TPSA) is 124 Å². The van der Waals surface area contributed by atoms with E-state index in [1.54, 1.807) is 19.1 Å². The third-order valence-electron chi connectivity index (χ3n) is 4.45. The zero-order valence-electron chi connectivity index (χ0n) is 14.9. The van der Waals surface area contributed by atoms with Gasteiger partial charge in [-0.2, -0.15) is 0 Å². The van der Waals surface area contributed by atoms with Crippen molar-refractivity contribution in [1.82, 2.24) is 4.31 Å². The Morgan fingerprint density at radius 2 is 1.75 bits per heavy atom. The largest absolute Gasteiger partial charge is 0.545 e. The van der Waals surface area contributed by atoms with Crippen LogP contribution >= 0.6 is 0 Å². The summed E-state index contributed by atoms with van der Waals surface area (Å²) in [5.74, 6) is -2.95. The van der Waals surface area contributed by atoms with E-state index in [2.05, 4.69) is 5.32 Å². The summed E-state index contributed by atoms with van der Waals surface area (Å²) in [6, 6.07) is 10.3. The second kappa shape index (κ2) is 7.43. The highest BCUT2D eigenvalue weighted by atomic mass is 32.2. The first kappa shape index (κ1) is 19.6. The highest BCUT2D eigenvalue weighted by molar-refractivity contribution is 7.89. The molecule has 0 aliphatic carbocycles. The van der Waals surface area contributed by atoms with Gasteiger partial charge in [-0.1, -0.05) is 35.9 Å². The second-order valence-corrected chi connectivity index (χ2v) is 8.20. The zero-order valence-corrected chi connectivity index (χ0v) is 15.7. The molecule has 1 aliphatic heterocycles. The molecule has 3 rings (SSSR count). The summed E-state index contributed by atoms with van der Waals surface area (Å²) in [6.07, 6.45) is -0.103. The van der Waals surface area contributed by atoms with Crippen molar-refractivity contribution in [3.8, 4) is 0 Å². The molecule has 0 aromatic heterocycles. The lowest BCUT2D eigenvalue weighted by Gasteiger charge is -2.24. The molecule has 2 amide bonds. The monoisotopic (exact) mass is 401 g/mol. The Bertz CT molecular complexity index is 1050. The number of amides is 2. The second-order valence-electron chi connectivity index (χ2n) is 6.38. The minimum absolute atomic E-state index is 0.00322. The molecule has 1 aliphatic rings. The molecule has 8 nitrogen and oxygen atoms in total. The maximum absolute atomic E-state index is 12.9. The van der Waals surface area contributed by atoms with Crippen LogP contribution in [0.2, 0.25) is 0 Å². The number of nitrogens with zero attached hydrogens (tertiary/aromatic N) is 1. The van der Waals surface area contributed by atoms with E-state index in [0.29, 0.717) is 4.31 Å². The molecule has 2 aromatic carbocycles. The van der Waals surface area contributed by atoms with Crippen LogP contribution in [-0.2, 0) is 19.6 Å². The van der Waals surface area contributed by atoms with Gasteiger partial charge in [-0.3, -0.25) is 9.59 Å². The Hall–Kier alpha value is -3.20. The molecule has 28 heavy (non-hydrogen) atoms. The highest BCUT2D eigenvalue weighted by Crippen LogP contribution is 2.28. The first-order chi connectivity index (χ1) is 13.2. The van der Waals surface area contributed by atoms with Gasteiger partial charge in [-0.25, -0.2) is 12.7 Å². The first-order valence-electron chi connectivity index (χ1n) is 8.47. The molecular weight excluding hydrogens is 384 g/mol. The van der Waals surface area contributed by atoms with Gasteiger partial charge in [0, 0.05) is 17.7 Å². The van der Waals surface area contributed by atoms with E-state index in [1.807, 2.05) is 0 Å². The van der Waals surface area contributed by atoms with Crippen molar-refractivity contribution in [3.63, 3.8) is 0 Å². The van der Waals surface area contributed by atoms with Crippen molar-refractivity contribution in [2.75, 3.05) is 5.32 Å². The fourth-order valence-electron chi connectivity index (χ4n) is 3.01. The number of anilines is 1. The van der Waals surface area contributed by atoms with Gasteiger partial charge in [0.25, 0.3) is 10.0 Å². The Labute approximate surface area is 161 Å². The van der Waals surface area contributed by atoms with Crippen LogP contribution in [0.1, 0.15) is 28.8 Å². The van der Waals surface area contributed by atoms with Gasteiger partial charge in [0.15, 0.2) is 0 Å². The number of aromatic carboxylic acids is 1. The van der Waals surface area contributed by atoms with E-state index >= 15 is 0 Å². The molecule has 146 valence electrons. The van der Waals surface area contributed by atoms with Crippen LogP contribution in [-0.4, -0.2) is 36.5 Å². The van der Waals surface area contributed by atoms with Gasteiger partial charge in [0.2, 0.25) is 11.8 Å². The van der Waals surface area contributed by atoms with Crippen LogP contribution in [0, 0.1) is 6.92 Å². The number of sulfonamides is 1.